The molecule has 4 nitrogen and oxygen atoms in total. The van der Waals surface area contributed by atoms with E-state index in [2.05, 4.69) is 5.32 Å². The number of rotatable bonds is 2. The first-order valence-corrected chi connectivity index (χ1v) is 5.04. The number of aliphatic hydroxyl groups is 1. The van der Waals surface area contributed by atoms with E-state index in [-0.39, 0.29) is 35.2 Å². The number of alkyl halides is 3. The summed E-state index contributed by atoms with van der Waals surface area (Å²) in [6.07, 6.45) is -4.46. The van der Waals surface area contributed by atoms with Crippen LogP contribution in [0.25, 0.3) is 0 Å². The fourth-order valence-electron chi connectivity index (χ4n) is 1.23. The molecule has 20 heavy (non-hydrogen) atoms. The van der Waals surface area contributed by atoms with Crippen LogP contribution in [0.3, 0.4) is 0 Å². The van der Waals surface area contributed by atoms with Crippen molar-refractivity contribution in [3.05, 3.63) is 41.2 Å². The van der Waals surface area contributed by atoms with Gasteiger partial charge in [0, 0.05) is 5.69 Å². The number of carbonyl (C=O) groups excluding carboxylic acids is 1. The van der Waals surface area contributed by atoms with Crippen molar-refractivity contribution in [1.29, 1.82) is 5.26 Å². The second kappa shape index (κ2) is 7.33. The fraction of sp³-hybridized carbons (Fsp3) is 0.167. The predicted octanol–water partition coefficient (Wildman–Crippen LogP) is 2.35. The van der Waals surface area contributed by atoms with Gasteiger partial charge < -0.3 is 10.4 Å². The van der Waals surface area contributed by atoms with E-state index in [0.717, 1.165) is 31.2 Å². The van der Waals surface area contributed by atoms with Crippen LogP contribution in [0.1, 0.15) is 12.5 Å². The molecule has 0 radical (unpaired) electrons. The van der Waals surface area contributed by atoms with Crippen molar-refractivity contribution < 1.29 is 23.1 Å². The molecular formula is C12H10F3N2NaO2. The molecule has 1 rings (SSSR count). The molecule has 1 aromatic rings. The number of aliphatic hydroxyl groups excluding tert-OH is 1. The van der Waals surface area contributed by atoms with Crippen molar-refractivity contribution in [2.75, 3.05) is 5.32 Å². The van der Waals surface area contributed by atoms with Gasteiger partial charge in [0.25, 0.3) is 5.91 Å². The van der Waals surface area contributed by atoms with E-state index in [1.54, 1.807) is 0 Å². The summed E-state index contributed by atoms with van der Waals surface area (Å²) in [6.45, 7) is 1.16. The van der Waals surface area contributed by atoms with E-state index in [1.165, 1.54) is 6.07 Å². The molecule has 0 aliphatic carbocycles. The van der Waals surface area contributed by atoms with E-state index in [4.69, 9.17) is 10.4 Å². The predicted molar refractivity (Wildman–Crippen MR) is 68.2 cm³/mol. The monoisotopic (exact) mass is 294 g/mol. The van der Waals surface area contributed by atoms with Gasteiger partial charge in [0.2, 0.25) is 0 Å². The average Bonchev–Trinajstić information content (AvgIpc) is 2.28. The van der Waals surface area contributed by atoms with Gasteiger partial charge in [0.1, 0.15) is 11.8 Å². The minimum absolute atomic E-state index is 0. The van der Waals surface area contributed by atoms with E-state index < -0.39 is 29.0 Å². The zero-order valence-electron chi connectivity index (χ0n) is 9.75. The van der Waals surface area contributed by atoms with Crippen molar-refractivity contribution in [2.45, 2.75) is 13.1 Å². The molecule has 0 aliphatic rings. The number of nitrogens with zero attached hydrogens (tertiary/aromatic N) is 1. The molecule has 2 N–H and O–H groups in total. The number of amides is 1. The number of halogens is 3. The summed E-state index contributed by atoms with van der Waals surface area (Å²) >= 11 is 0. The van der Waals surface area contributed by atoms with Crippen LogP contribution in [0, 0.1) is 11.3 Å². The van der Waals surface area contributed by atoms with Gasteiger partial charge in [-0.3, -0.25) is 4.79 Å². The standard InChI is InChI=1S/C12H9F3N2O2.Na.H/c1-7(18)10(6-16)11(19)17-9-4-2-8(3-5-9)12(13,14)15;;/h2-5,18H,1H3,(H,17,19);;. The Morgan fingerprint density at radius 3 is 2.15 bits per heavy atom. The van der Waals surface area contributed by atoms with Gasteiger partial charge in [-0.05, 0) is 31.2 Å². The molecule has 0 bridgehead atoms. The number of benzene rings is 1. The Kier molecular flexibility index (Phi) is 6.79. The molecular weight excluding hydrogens is 284 g/mol. The molecule has 0 unspecified atom stereocenters. The van der Waals surface area contributed by atoms with Gasteiger partial charge in [0.15, 0.2) is 5.57 Å². The first kappa shape index (κ1) is 18.5. The molecule has 1 aromatic carbocycles. The molecule has 102 valence electrons. The van der Waals surface area contributed by atoms with Crippen LogP contribution in [0.15, 0.2) is 35.6 Å². The molecule has 0 aromatic heterocycles. The maximum absolute atomic E-state index is 12.3. The van der Waals surface area contributed by atoms with Gasteiger partial charge in [-0.2, -0.15) is 18.4 Å². The van der Waals surface area contributed by atoms with Crippen LogP contribution in [0.5, 0.6) is 0 Å². The first-order valence-electron chi connectivity index (χ1n) is 5.04. The van der Waals surface area contributed by atoms with Gasteiger partial charge in [0.05, 0.1) is 5.56 Å². The van der Waals surface area contributed by atoms with E-state index in [1.807, 2.05) is 0 Å². The molecule has 0 atom stereocenters. The van der Waals surface area contributed by atoms with Crippen molar-refractivity contribution in [2.24, 2.45) is 0 Å². The van der Waals surface area contributed by atoms with E-state index in [9.17, 15) is 18.0 Å². The summed E-state index contributed by atoms with van der Waals surface area (Å²) in [4.78, 5) is 11.5. The zero-order chi connectivity index (χ0) is 14.6. The molecule has 0 heterocycles. The Morgan fingerprint density at radius 1 is 1.30 bits per heavy atom. The van der Waals surface area contributed by atoms with Crippen LogP contribution in [-0.2, 0) is 11.0 Å². The Hall–Kier alpha value is -1.49. The molecule has 1 amide bonds. The summed E-state index contributed by atoms with van der Waals surface area (Å²) in [5, 5.41) is 19.9. The normalized spacial score (nSPS) is 11.8. The number of hydrogen-bond acceptors (Lipinski definition) is 3. The Bertz CT molecular complexity index is 556. The van der Waals surface area contributed by atoms with E-state index >= 15 is 0 Å². The number of anilines is 1. The molecule has 0 saturated carbocycles. The quantitative estimate of drug-likeness (QED) is 0.380. The van der Waals surface area contributed by atoms with Gasteiger partial charge in [-0.1, -0.05) is 0 Å². The molecule has 0 aliphatic heterocycles. The summed E-state index contributed by atoms with van der Waals surface area (Å²) < 4.78 is 36.9. The topological polar surface area (TPSA) is 73.1 Å². The first-order chi connectivity index (χ1) is 8.75. The second-order valence-corrected chi connectivity index (χ2v) is 3.60. The number of allylic oxidation sites excluding steroid dienone is 1. The van der Waals surface area contributed by atoms with Crippen LogP contribution >= 0.6 is 0 Å². The van der Waals surface area contributed by atoms with Crippen molar-refractivity contribution in [1.82, 2.24) is 0 Å². The number of carbonyl (C=O) groups is 1. The Balaban J connectivity index is 0.00000361. The van der Waals surface area contributed by atoms with Crippen LogP contribution in [-0.4, -0.2) is 40.6 Å². The SMILES string of the molecule is CC(O)=C(C#N)C(=O)Nc1ccc(C(F)(F)F)cc1.[NaH]. The fourth-order valence-corrected chi connectivity index (χ4v) is 1.23. The summed E-state index contributed by atoms with van der Waals surface area (Å²) in [5.41, 5.74) is -1.26. The third-order valence-corrected chi connectivity index (χ3v) is 2.17. The molecule has 0 spiro atoms. The van der Waals surface area contributed by atoms with Crippen molar-refractivity contribution in [3.8, 4) is 6.07 Å². The van der Waals surface area contributed by atoms with Crippen LogP contribution < -0.4 is 5.32 Å². The third-order valence-electron chi connectivity index (χ3n) is 2.17. The molecule has 0 fully saturated rings. The Morgan fingerprint density at radius 2 is 1.80 bits per heavy atom. The van der Waals surface area contributed by atoms with E-state index in [0.29, 0.717) is 0 Å². The van der Waals surface area contributed by atoms with Gasteiger partial charge in [-0.25, -0.2) is 0 Å². The van der Waals surface area contributed by atoms with Gasteiger partial charge in [-0.15, -0.1) is 0 Å². The zero-order valence-corrected chi connectivity index (χ0v) is 9.75. The van der Waals surface area contributed by atoms with Crippen LogP contribution in [0.2, 0.25) is 0 Å². The van der Waals surface area contributed by atoms with Crippen molar-refractivity contribution >= 4 is 41.2 Å². The van der Waals surface area contributed by atoms with Gasteiger partial charge >= 0.3 is 35.7 Å². The minimum atomic E-state index is -4.46. The molecule has 0 saturated heterocycles. The third kappa shape index (κ3) is 4.89. The number of nitrogens with one attached hydrogen (secondary N) is 1. The second-order valence-electron chi connectivity index (χ2n) is 3.60. The Labute approximate surface area is 135 Å². The number of hydrogen-bond donors (Lipinski definition) is 2. The summed E-state index contributed by atoms with van der Waals surface area (Å²) in [6, 6.07) is 5.22. The average molecular weight is 294 g/mol. The van der Waals surface area contributed by atoms with Crippen molar-refractivity contribution in [3.63, 3.8) is 0 Å². The summed E-state index contributed by atoms with van der Waals surface area (Å²) in [7, 11) is 0. The number of nitriles is 1. The summed E-state index contributed by atoms with van der Waals surface area (Å²) in [5.74, 6) is -1.35. The van der Waals surface area contributed by atoms with Crippen LogP contribution in [0.4, 0.5) is 18.9 Å². The molecule has 8 heteroatoms. The maximum atomic E-state index is 12.3.